The van der Waals surface area contributed by atoms with Crippen molar-refractivity contribution >= 4 is 23.6 Å². The van der Waals surface area contributed by atoms with Crippen molar-refractivity contribution in [1.82, 2.24) is 25.3 Å². The maximum Gasteiger partial charge on any atom is 0.245 e. The van der Waals surface area contributed by atoms with Crippen LogP contribution in [0.1, 0.15) is 85.8 Å². The number of amides is 4. The Morgan fingerprint density at radius 2 is 1.54 bits per heavy atom. The minimum Gasteiger partial charge on any atom is -0.386 e. The zero-order valence-electron chi connectivity index (χ0n) is 33.7. The molecule has 1 aromatic rings. The molecule has 9 atom stereocenters. The molecule has 1 heterocycles. The van der Waals surface area contributed by atoms with Gasteiger partial charge in [0.25, 0.3) is 0 Å². The van der Waals surface area contributed by atoms with Gasteiger partial charge in [-0.05, 0) is 57.7 Å². The van der Waals surface area contributed by atoms with E-state index in [0.29, 0.717) is 24.9 Å². The lowest BCUT2D eigenvalue weighted by molar-refractivity contribution is -0.145. The number of hydrogen-bond donors (Lipinski definition) is 3. The van der Waals surface area contributed by atoms with Gasteiger partial charge in [-0.25, -0.2) is 0 Å². The Morgan fingerprint density at radius 3 is 2.04 bits per heavy atom. The molecule has 0 radical (unpaired) electrons. The maximum atomic E-state index is 14.2. The van der Waals surface area contributed by atoms with Gasteiger partial charge in [-0.2, -0.15) is 0 Å². The van der Waals surface area contributed by atoms with Crippen LogP contribution in [0.2, 0.25) is 0 Å². The predicted octanol–water partition coefficient (Wildman–Crippen LogP) is 3.79. The Hall–Kier alpha value is -3.32. The average molecular weight is 730 g/mol. The van der Waals surface area contributed by atoms with Crippen LogP contribution in [0.4, 0.5) is 0 Å². The lowest BCUT2D eigenvalue weighted by Gasteiger charge is -2.39. The van der Waals surface area contributed by atoms with Crippen LogP contribution in [0.5, 0.6) is 0 Å². The first-order valence-electron chi connectivity index (χ1n) is 18.7. The van der Waals surface area contributed by atoms with E-state index in [0.717, 1.165) is 12.0 Å². The molecule has 12 nitrogen and oxygen atoms in total. The van der Waals surface area contributed by atoms with Crippen molar-refractivity contribution in [3.63, 3.8) is 0 Å². The van der Waals surface area contributed by atoms with E-state index in [4.69, 9.17) is 9.47 Å². The number of benzene rings is 1. The van der Waals surface area contributed by atoms with E-state index in [2.05, 4.69) is 17.2 Å². The highest BCUT2D eigenvalue weighted by molar-refractivity contribution is 5.90. The molecule has 3 N–H and O–H groups in total. The highest BCUT2D eigenvalue weighted by atomic mass is 16.5. The minimum atomic E-state index is -0.883. The van der Waals surface area contributed by atoms with Gasteiger partial charge in [-0.3, -0.25) is 24.1 Å². The van der Waals surface area contributed by atoms with Crippen molar-refractivity contribution in [2.24, 2.45) is 17.8 Å². The third-order valence-electron chi connectivity index (χ3n) is 10.5. The van der Waals surface area contributed by atoms with Crippen LogP contribution in [-0.2, 0) is 28.7 Å². The topological polar surface area (TPSA) is 141 Å². The third kappa shape index (κ3) is 11.3. The molecule has 4 amide bonds. The van der Waals surface area contributed by atoms with Gasteiger partial charge in [0.1, 0.15) is 6.04 Å². The Morgan fingerprint density at radius 1 is 0.923 bits per heavy atom. The second-order valence-corrected chi connectivity index (χ2v) is 15.2. The van der Waals surface area contributed by atoms with Gasteiger partial charge in [-0.1, -0.05) is 84.0 Å². The lowest BCUT2D eigenvalue weighted by Crippen LogP contribution is -2.59. The summed E-state index contributed by atoms with van der Waals surface area (Å²) in [6, 6.07) is 6.42. The molecule has 2 rings (SSSR count). The molecular formula is C40H67N5O7. The number of nitrogens with one attached hydrogen (secondary N) is 2. The van der Waals surface area contributed by atoms with E-state index < -0.39 is 48.4 Å². The lowest BCUT2D eigenvalue weighted by atomic mass is 9.92. The molecule has 0 bridgehead atoms. The number of methoxy groups -OCH3 is 2. The number of rotatable bonds is 20. The number of nitrogens with zero attached hydrogens (tertiary/aromatic N) is 3. The number of ether oxygens (including phenoxy) is 2. The molecule has 0 aliphatic carbocycles. The molecule has 1 aliphatic rings. The fraction of sp³-hybridized carbons (Fsp3) is 0.700. The molecule has 1 fully saturated rings. The number of likely N-dealkylation sites (N-methyl/N-ethyl adjacent to an activating group) is 2. The molecule has 294 valence electrons. The Labute approximate surface area is 312 Å². The SMILES string of the molecule is C=C(CC)[C@@H]([C@@H](CC(=O)N1CCC[C@H]1[C@H](OC)[C@@H](C)C(=O)N[C@H](C)[C@@H](O)c1ccccc1)OC)N(C)C(=O)[C@@H](NC(=O)[C@H](C(C)C)N(C)C)C(C)C. The van der Waals surface area contributed by atoms with Crippen molar-refractivity contribution < 1.29 is 33.8 Å². The van der Waals surface area contributed by atoms with E-state index in [9.17, 15) is 24.3 Å². The predicted molar refractivity (Wildman–Crippen MR) is 204 cm³/mol. The van der Waals surface area contributed by atoms with Crippen LogP contribution in [0.25, 0.3) is 0 Å². The van der Waals surface area contributed by atoms with Gasteiger partial charge in [0.15, 0.2) is 0 Å². The van der Waals surface area contributed by atoms with Crippen molar-refractivity contribution in [3.05, 3.63) is 48.0 Å². The van der Waals surface area contributed by atoms with E-state index >= 15 is 0 Å². The monoisotopic (exact) mass is 730 g/mol. The molecule has 0 unspecified atom stereocenters. The zero-order valence-corrected chi connectivity index (χ0v) is 33.7. The summed E-state index contributed by atoms with van der Waals surface area (Å²) >= 11 is 0. The van der Waals surface area contributed by atoms with Crippen LogP contribution in [-0.4, -0.2) is 128 Å². The van der Waals surface area contributed by atoms with Gasteiger partial charge in [-0.15, -0.1) is 0 Å². The fourth-order valence-corrected chi connectivity index (χ4v) is 7.51. The van der Waals surface area contributed by atoms with Crippen LogP contribution < -0.4 is 10.6 Å². The minimum absolute atomic E-state index is 0.0274. The number of likely N-dealkylation sites (tertiary alicyclic amines) is 1. The second-order valence-electron chi connectivity index (χ2n) is 15.2. The first kappa shape index (κ1) is 44.8. The number of carbonyl (C=O) groups excluding carboxylic acids is 4. The molecule has 0 aromatic heterocycles. The van der Waals surface area contributed by atoms with E-state index in [1.165, 1.54) is 7.11 Å². The van der Waals surface area contributed by atoms with Crippen LogP contribution in [0.3, 0.4) is 0 Å². The smallest absolute Gasteiger partial charge is 0.245 e. The Balaban J connectivity index is 2.26. The summed E-state index contributed by atoms with van der Waals surface area (Å²) in [5, 5.41) is 16.8. The van der Waals surface area contributed by atoms with Crippen molar-refractivity contribution in [1.29, 1.82) is 0 Å². The summed E-state index contributed by atoms with van der Waals surface area (Å²) in [6.45, 7) is 18.0. The van der Waals surface area contributed by atoms with E-state index in [-0.39, 0.29) is 47.9 Å². The standard InChI is InChI=1S/C40H67N5O7/c1-14-26(6)35(44(11)40(50)33(24(2)3)42-39(49)34(25(4)5)43(9)10)31(51-12)23-32(46)45-22-18-21-30(45)37(52-13)27(7)38(48)41-28(8)36(47)29-19-16-15-17-20-29/h15-17,19-20,24-25,27-28,30-31,33-37,47H,6,14,18,21-23H2,1-5,7-13H3,(H,41,48)(H,42,49)/t27-,28-,30+,31-,33+,34+,35+,36-,37-/m1/s1. The summed E-state index contributed by atoms with van der Waals surface area (Å²) in [6.07, 6.45) is -0.266. The van der Waals surface area contributed by atoms with E-state index in [1.807, 2.05) is 83.9 Å². The van der Waals surface area contributed by atoms with Gasteiger partial charge in [0.2, 0.25) is 23.6 Å². The Kier molecular flexibility index (Phi) is 17.9. The molecule has 1 aromatic carbocycles. The number of aliphatic hydroxyl groups is 1. The fourth-order valence-electron chi connectivity index (χ4n) is 7.51. The molecule has 12 heteroatoms. The highest BCUT2D eigenvalue weighted by Gasteiger charge is 2.43. The van der Waals surface area contributed by atoms with Crippen LogP contribution in [0, 0.1) is 17.8 Å². The normalized spacial score (nSPS) is 19.4. The quantitative estimate of drug-likeness (QED) is 0.172. The van der Waals surface area contributed by atoms with E-state index in [1.54, 1.807) is 37.8 Å². The largest absolute Gasteiger partial charge is 0.386 e. The van der Waals surface area contributed by atoms with Gasteiger partial charge >= 0.3 is 0 Å². The van der Waals surface area contributed by atoms with Gasteiger partial charge in [0.05, 0.1) is 54.8 Å². The summed E-state index contributed by atoms with van der Waals surface area (Å²) in [4.78, 5) is 60.3. The zero-order chi connectivity index (χ0) is 39.4. The summed E-state index contributed by atoms with van der Waals surface area (Å²) in [5.41, 5.74) is 1.43. The summed E-state index contributed by atoms with van der Waals surface area (Å²) < 4.78 is 11.9. The average Bonchev–Trinajstić information content (AvgIpc) is 3.59. The first-order valence-corrected chi connectivity index (χ1v) is 18.7. The van der Waals surface area contributed by atoms with Gasteiger partial charge in [0, 0.05) is 27.8 Å². The molecule has 1 saturated heterocycles. The number of carbonyl (C=O) groups is 4. The van der Waals surface area contributed by atoms with Crippen LogP contribution >= 0.6 is 0 Å². The molecular weight excluding hydrogens is 662 g/mol. The second kappa shape index (κ2) is 20.8. The molecule has 52 heavy (non-hydrogen) atoms. The Bertz CT molecular complexity index is 1310. The van der Waals surface area contributed by atoms with Crippen molar-refractivity contribution in [3.8, 4) is 0 Å². The molecule has 0 spiro atoms. The summed E-state index contributed by atoms with van der Waals surface area (Å²) in [5.74, 6) is -1.74. The third-order valence-corrected chi connectivity index (χ3v) is 10.5. The van der Waals surface area contributed by atoms with Gasteiger partial charge < -0.3 is 35.0 Å². The number of aliphatic hydroxyl groups excluding tert-OH is 1. The summed E-state index contributed by atoms with van der Waals surface area (Å²) in [7, 11) is 8.43. The van der Waals surface area contributed by atoms with Crippen molar-refractivity contribution in [2.45, 2.75) is 123 Å². The van der Waals surface area contributed by atoms with Crippen LogP contribution in [0.15, 0.2) is 42.5 Å². The number of hydrogen-bond acceptors (Lipinski definition) is 8. The molecule has 0 saturated carbocycles. The maximum absolute atomic E-state index is 14.2. The molecule has 1 aliphatic heterocycles. The first-order chi connectivity index (χ1) is 24.4. The highest BCUT2D eigenvalue weighted by Crippen LogP contribution is 2.30. The van der Waals surface area contributed by atoms with Crippen molar-refractivity contribution in [2.75, 3.05) is 41.9 Å².